The molecule has 1 saturated carbocycles. The van der Waals surface area contributed by atoms with Crippen molar-refractivity contribution in [3.8, 4) is 0 Å². The third kappa shape index (κ3) is 4.08. The van der Waals surface area contributed by atoms with Crippen molar-refractivity contribution in [3.63, 3.8) is 0 Å². The minimum Gasteiger partial charge on any atom is -0.365 e. The third-order valence-corrected chi connectivity index (χ3v) is 3.95. The van der Waals surface area contributed by atoms with Crippen molar-refractivity contribution >= 4 is 5.82 Å². The second-order valence-electron chi connectivity index (χ2n) is 5.49. The van der Waals surface area contributed by atoms with Crippen LogP contribution in [0.1, 0.15) is 51.9 Å². The largest absolute Gasteiger partial charge is 0.365 e. The van der Waals surface area contributed by atoms with Gasteiger partial charge >= 0.3 is 0 Å². The maximum atomic E-state index is 12.1. The highest BCUT2D eigenvalue weighted by atomic mass is 16.1. The molecule has 19 heavy (non-hydrogen) atoms. The number of nitrogens with one attached hydrogen (secondary N) is 1. The fourth-order valence-corrected chi connectivity index (χ4v) is 2.86. The number of nitrogens with zero attached hydrogens (tertiary/aromatic N) is 2. The van der Waals surface area contributed by atoms with Crippen LogP contribution < -0.4 is 10.9 Å². The second kappa shape index (κ2) is 7.31. The molecule has 1 heterocycles. The molecule has 1 aromatic heterocycles. The van der Waals surface area contributed by atoms with Crippen LogP contribution in [0.5, 0.6) is 0 Å². The first-order chi connectivity index (χ1) is 9.31. The summed E-state index contributed by atoms with van der Waals surface area (Å²) in [6.07, 6.45) is 12.4. The smallest absolute Gasteiger partial charge is 0.293 e. The van der Waals surface area contributed by atoms with Crippen molar-refractivity contribution in [2.45, 2.75) is 58.4 Å². The van der Waals surface area contributed by atoms with E-state index in [0.717, 1.165) is 31.8 Å². The first-order valence-electron chi connectivity index (χ1n) is 7.60. The van der Waals surface area contributed by atoms with E-state index in [9.17, 15) is 4.79 Å². The van der Waals surface area contributed by atoms with E-state index in [4.69, 9.17) is 0 Å². The number of hydrogen-bond acceptors (Lipinski definition) is 3. The molecule has 0 aromatic carbocycles. The van der Waals surface area contributed by atoms with Crippen LogP contribution in [0.3, 0.4) is 0 Å². The fourth-order valence-electron chi connectivity index (χ4n) is 2.86. The zero-order chi connectivity index (χ0) is 13.5. The Balaban J connectivity index is 1.85. The van der Waals surface area contributed by atoms with Gasteiger partial charge in [-0.05, 0) is 18.8 Å². The summed E-state index contributed by atoms with van der Waals surface area (Å²) in [5, 5.41) is 3.21. The summed E-state index contributed by atoms with van der Waals surface area (Å²) in [5.41, 5.74) is 0.00740. The van der Waals surface area contributed by atoms with Crippen LogP contribution >= 0.6 is 0 Å². The van der Waals surface area contributed by atoms with Gasteiger partial charge in [0.05, 0.1) is 0 Å². The van der Waals surface area contributed by atoms with Gasteiger partial charge in [-0.1, -0.05) is 39.0 Å². The molecule has 1 aliphatic carbocycles. The molecular formula is C15H25N3O. The van der Waals surface area contributed by atoms with E-state index < -0.39 is 0 Å². The van der Waals surface area contributed by atoms with E-state index >= 15 is 0 Å². The fraction of sp³-hybridized carbons (Fsp3) is 0.733. The second-order valence-corrected chi connectivity index (χ2v) is 5.49. The zero-order valence-electron chi connectivity index (χ0n) is 11.9. The van der Waals surface area contributed by atoms with Gasteiger partial charge < -0.3 is 9.88 Å². The SMILES string of the molecule is CCCn1ccnc(NCCC2CCCCC2)c1=O. The van der Waals surface area contributed by atoms with E-state index in [1.165, 1.54) is 32.1 Å². The zero-order valence-corrected chi connectivity index (χ0v) is 11.9. The number of hydrogen-bond donors (Lipinski definition) is 1. The van der Waals surface area contributed by atoms with Gasteiger partial charge in [0, 0.05) is 25.5 Å². The highest BCUT2D eigenvalue weighted by Crippen LogP contribution is 2.25. The van der Waals surface area contributed by atoms with Crippen LogP contribution in [0, 0.1) is 5.92 Å². The van der Waals surface area contributed by atoms with Gasteiger partial charge in [0.2, 0.25) is 0 Å². The van der Waals surface area contributed by atoms with Gasteiger partial charge in [-0.3, -0.25) is 4.79 Å². The minimum atomic E-state index is 0.00740. The molecule has 0 bridgehead atoms. The molecule has 106 valence electrons. The van der Waals surface area contributed by atoms with Crippen molar-refractivity contribution < 1.29 is 0 Å². The summed E-state index contributed by atoms with van der Waals surface area (Å²) in [5.74, 6) is 1.34. The predicted molar refractivity (Wildman–Crippen MR) is 78.5 cm³/mol. The van der Waals surface area contributed by atoms with Gasteiger partial charge in [0.25, 0.3) is 5.56 Å². The van der Waals surface area contributed by atoms with E-state index in [1.54, 1.807) is 17.0 Å². The van der Waals surface area contributed by atoms with E-state index in [-0.39, 0.29) is 5.56 Å². The van der Waals surface area contributed by atoms with Crippen LogP contribution in [0.15, 0.2) is 17.2 Å². The molecular weight excluding hydrogens is 238 g/mol. The quantitative estimate of drug-likeness (QED) is 0.858. The summed E-state index contributed by atoms with van der Waals surface area (Å²) in [6.45, 7) is 3.70. The van der Waals surface area contributed by atoms with E-state index in [0.29, 0.717) is 5.82 Å². The summed E-state index contributed by atoms with van der Waals surface area (Å²) in [4.78, 5) is 16.2. The Kier molecular flexibility index (Phi) is 5.43. The molecule has 2 rings (SSSR count). The Labute approximate surface area is 115 Å². The van der Waals surface area contributed by atoms with Crippen molar-refractivity contribution in [1.29, 1.82) is 0 Å². The summed E-state index contributed by atoms with van der Waals surface area (Å²) < 4.78 is 1.73. The molecule has 0 spiro atoms. The average Bonchev–Trinajstić information content (AvgIpc) is 2.44. The lowest BCUT2D eigenvalue weighted by molar-refractivity contribution is 0.345. The van der Waals surface area contributed by atoms with Crippen LogP contribution in [0.25, 0.3) is 0 Å². The van der Waals surface area contributed by atoms with Gasteiger partial charge in [0.15, 0.2) is 5.82 Å². The monoisotopic (exact) mass is 263 g/mol. The Morgan fingerprint density at radius 3 is 2.89 bits per heavy atom. The number of aryl methyl sites for hydroxylation is 1. The normalized spacial score (nSPS) is 16.5. The molecule has 1 aliphatic rings. The Bertz CT molecular complexity index is 435. The highest BCUT2D eigenvalue weighted by molar-refractivity contribution is 5.30. The minimum absolute atomic E-state index is 0.00740. The first-order valence-corrected chi connectivity index (χ1v) is 7.60. The highest BCUT2D eigenvalue weighted by Gasteiger charge is 2.13. The maximum Gasteiger partial charge on any atom is 0.293 e. The third-order valence-electron chi connectivity index (χ3n) is 3.95. The molecule has 0 unspecified atom stereocenters. The Morgan fingerprint density at radius 1 is 1.37 bits per heavy atom. The molecule has 4 heteroatoms. The lowest BCUT2D eigenvalue weighted by Crippen LogP contribution is -2.25. The van der Waals surface area contributed by atoms with Crippen molar-refractivity contribution in [3.05, 3.63) is 22.7 Å². The molecule has 0 radical (unpaired) electrons. The number of anilines is 1. The van der Waals surface area contributed by atoms with Crippen LogP contribution in [0.2, 0.25) is 0 Å². The van der Waals surface area contributed by atoms with Gasteiger partial charge in [-0.2, -0.15) is 0 Å². The summed E-state index contributed by atoms with van der Waals surface area (Å²) in [6, 6.07) is 0. The van der Waals surface area contributed by atoms with Crippen molar-refractivity contribution in [1.82, 2.24) is 9.55 Å². The average molecular weight is 263 g/mol. The lowest BCUT2D eigenvalue weighted by atomic mass is 9.87. The Hall–Kier alpha value is -1.32. The first kappa shape index (κ1) is 14.1. The topological polar surface area (TPSA) is 46.9 Å². The van der Waals surface area contributed by atoms with Crippen molar-refractivity contribution in [2.24, 2.45) is 5.92 Å². The van der Waals surface area contributed by atoms with Gasteiger partial charge in [-0.15, -0.1) is 0 Å². The number of rotatable bonds is 6. The molecule has 1 fully saturated rings. The van der Waals surface area contributed by atoms with Crippen LogP contribution in [-0.2, 0) is 6.54 Å². The lowest BCUT2D eigenvalue weighted by Gasteiger charge is -2.21. The van der Waals surface area contributed by atoms with Gasteiger partial charge in [-0.25, -0.2) is 4.98 Å². The van der Waals surface area contributed by atoms with E-state index in [1.807, 2.05) is 0 Å². The Morgan fingerprint density at radius 2 is 2.16 bits per heavy atom. The van der Waals surface area contributed by atoms with Crippen molar-refractivity contribution in [2.75, 3.05) is 11.9 Å². The maximum absolute atomic E-state index is 12.1. The summed E-state index contributed by atoms with van der Waals surface area (Å²) in [7, 11) is 0. The standard InChI is InChI=1S/C15H25N3O/c1-2-11-18-12-10-17-14(15(18)19)16-9-8-13-6-4-3-5-7-13/h10,12-13H,2-9,11H2,1H3,(H,16,17). The number of aromatic nitrogens is 2. The molecule has 1 aromatic rings. The van der Waals surface area contributed by atoms with Crippen LogP contribution in [-0.4, -0.2) is 16.1 Å². The molecule has 1 N–H and O–H groups in total. The molecule has 0 saturated heterocycles. The molecule has 0 aliphatic heterocycles. The van der Waals surface area contributed by atoms with Gasteiger partial charge in [0.1, 0.15) is 0 Å². The predicted octanol–water partition coefficient (Wildman–Crippen LogP) is 3.04. The van der Waals surface area contributed by atoms with Crippen LogP contribution in [0.4, 0.5) is 5.82 Å². The van der Waals surface area contributed by atoms with E-state index in [2.05, 4.69) is 17.2 Å². The molecule has 4 nitrogen and oxygen atoms in total. The summed E-state index contributed by atoms with van der Waals surface area (Å²) >= 11 is 0. The molecule has 0 amide bonds. The molecule has 0 atom stereocenters.